The highest BCUT2D eigenvalue weighted by Crippen LogP contribution is 2.23. The van der Waals surface area contributed by atoms with Gasteiger partial charge in [0.25, 0.3) is 0 Å². The third-order valence-electron chi connectivity index (χ3n) is 3.42. The van der Waals surface area contributed by atoms with Crippen molar-refractivity contribution in [2.24, 2.45) is 0 Å². The number of nitrogen functional groups attached to an aromatic ring is 1. The number of nitrogens with zero attached hydrogens (tertiary/aromatic N) is 1. The van der Waals surface area contributed by atoms with Gasteiger partial charge in [0.2, 0.25) is 0 Å². The molecule has 1 aromatic rings. The second-order valence-electron chi connectivity index (χ2n) is 4.90. The molecule has 0 saturated carbocycles. The molecule has 1 saturated heterocycles. The van der Waals surface area contributed by atoms with E-state index in [-0.39, 0.29) is 10.6 Å². The van der Waals surface area contributed by atoms with E-state index in [0.29, 0.717) is 17.1 Å². The molecule has 2 N–H and O–H groups in total. The van der Waals surface area contributed by atoms with Gasteiger partial charge in [0.05, 0.1) is 21.4 Å². The van der Waals surface area contributed by atoms with Crippen molar-refractivity contribution in [2.75, 3.05) is 31.1 Å². The van der Waals surface area contributed by atoms with Crippen LogP contribution in [0.15, 0.2) is 23.1 Å². The number of anilines is 1. The van der Waals surface area contributed by atoms with Crippen molar-refractivity contribution in [3.8, 4) is 0 Å². The fraction of sp³-hybridized carbons (Fsp3) is 0.538. The molecule has 0 atom stereocenters. The average Bonchev–Trinajstić information content (AvgIpc) is 2.85. The summed E-state index contributed by atoms with van der Waals surface area (Å²) in [6, 6.07) is 4.49. The predicted molar refractivity (Wildman–Crippen MR) is 78.2 cm³/mol. The lowest BCUT2D eigenvalue weighted by atomic mass is 10.3. The van der Waals surface area contributed by atoms with E-state index in [0.717, 1.165) is 19.6 Å². The second kappa shape index (κ2) is 6.11. The molecule has 19 heavy (non-hydrogen) atoms. The van der Waals surface area contributed by atoms with Crippen LogP contribution in [0.5, 0.6) is 0 Å². The Balaban J connectivity index is 1.95. The summed E-state index contributed by atoms with van der Waals surface area (Å²) in [5, 5.41) is 0.292. The molecule has 0 spiro atoms. The molecule has 0 aromatic heterocycles. The van der Waals surface area contributed by atoms with Crippen molar-refractivity contribution in [1.29, 1.82) is 0 Å². The minimum Gasteiger partial charge on any atom is -0.398 e. The number of sulfone groups is 1. The molecule has 1 aliphatic rings. The van der Waals surface area contributed by atoms with Gasteiger partial charge in [-0.25, -0.2) is 8.42 Å². The van der Waals surface area contributed by atoms with Crippen LogP contribution in [-0.2, 0) is 9.84 Å². The Kier molecular flexibility index (Phi) is 4.71. The largest absolute Gasteiger partial charge is 0.398 e. The van der Waals surface area contributed by atoms with Gasteiger partial charge in [-0.2, -0.15) is 0 Å². The number of likely N-dealkylation sites (tertiary alicyclic amines) is 1. The first-order valence-corrected chi connectivity index (χ1v) is 8.52. The number of halogens is 1. The first-order chi connectivity index (χ1) is 8.99. The smallest absolute Gasteiger partial charge is 0.178 e. The van der Waals surface area contributed by atoms with E-state index in [2.05, 4.69) is 4.90 Å². The molecule has 1 aliphatic heterocycles. The van der Waals surface area contributed by atoms with E-state index >= 15 is 0 Å². The zero-order valence-corrected chi connectivity index (χ0v) is 12.4. The molecule has 106 valence electrons. The lowest BCUT2D eigenvalue weighted by molar-refractivity contribution is 0.340. The van der Waals surface area contributed by atoms with Gasteiger partial charge in [0.15, 0.2) is 9.84 Å². The van der Waals surface area contributed by atoms with Gasteiger partial charge < -0.3 is 10.6 Å². The van der Waals surface area contributed by atoms with E-state index in [4.69, 9.17) is 17.3 Å². The maximum Gasteiger partial charge on any atom is 0.178 e. The van der Waals surface area contributed by atoms with Gasteiger partial charge in [-0.3, -0.25) is 0 Å². The second-order valence-corrected chi connectivity index (χ2v) is 7.42. The van der Waals surface area contributed by atoms with Crippen LogP contribution in [0.1, 0.15) is 19.3 Å². The van der Waals surface area contributed by atoms with Gasteiger partial charge >= 0.3 is 0 Å². The van der Waals surface area contributed by atoms with Gasteiger partial charge in [0.1, 0.15) is 0 Å². The van der Waals surface area contributed by atoms with Crippen LogP contribution in [0.2, 0.25) is 5.02 Å². The van der Waals surface area contributed by atoms with Crippen LogP contribution in [-0.4, -0.2) is 38.7 Å². The monoisotopic (exact) mass is 302 g/mol. The van der Waals surface area contributed by atoms with Crippen LogP contribution in [0.25, 0.3) is 0 Å². The van der Waals surface area contributed by atoms with Crippen molar-refractivity contribution in [2.45, 2.75) is 24.2 Å². The topological polar surface area (TPSA) is 63.4 Å². The maximum atomic E-state index is 12.2. The fourth-order valence-electron chi connectivity index (χ4n) is 2.30. The van der Waals surface area contributed by atoms with Crippen LogP contribution < -0.4 is 5.73 Å². The van der Waals surface area contributed by atoms with E-state index < -0.39 is 9.84 Å². The molecule has 0 amide bonds. The Morgan fingerprint density at radius 2 is 1.95 bits per heavy atom. The number of hydrogen-bond donors (Lipinski definition) is 1. The zero-order chi connectivity index (χ0) is 13.9. The standard InChI is InChI=1S/C13H19ClN2O2S/c14-12-10-11(4-5-13(12)15)19(17,18)9-3-8-16-6-1-2-7-16/h4-5,10H,1-3,6-9,15H2. The Hall–Kier alpha value is -0.780. The van der Waals surface area contributed by atoms with Crippen LogP contribution in [0.4, 0.5) is 5.69 Å². The average molecular weight is 303 g/mol. The summed E-state index contributed by atoms with van der Waals surface area (Å²) in [7, 11) is -3.26. The quantitative estimate of drug-likeness (QED) is 0.847. The molecule has 0 aliphatic carbocycles. The molecular formula is C13H19ClN2O2S. The van der Waals surface area contributed by atoms with E-state index in [9.17, 15) is 8.42 Å². The van der Waals surface area contributed by atoms with Crippen molar-refractivity contribution in [3.63, 3.8) is 0 Å². The molecule has 6 heteroatoms. The molecule has 2 rings (SSSR count). The van der Waals surface area contributed by atoms with E-state index in [1.165, 1.54) is 31.0 Å². The number of nitrogens with two attached hydrogens (primary N) is 1. The highest BCUT2D eigenvalue weighted by Gasteiger charge is 2.17. The molecular weight excluding hydrogens is 284 g/mol. The Morgan fingerprint density at radius 3 is 2.58 bits per heavy atom. The molecule has 0 unspecified atom stereocenters. The van der Waals surface area contributed by atoms with Gasteiger partial charge in [-0.15, -0.1) is 0 Å². The summed E-state index contributed by atoms with van der Waals surface area (Å²) in [4.78, 5) is 2.57. The lowest BCUT2D eigenvalue weighted by Crippen LogP contribution is -2.22. The Morgan fingerprint density at radius 1 is 1.26 bits per heavy atom. The van der Waals surface area contributed by atoms with Crippen molar-refractivity contribution in [1.82, 2.24) is 4.90 Å². The summed E-state index contributed by atoms with van der Waals surface area (Å²) in [6.07, 6.45) is 3.10. The minimum atomic E-state index is -3.26. The van der Waals surface area contributed by atoms with Crippen LogP contribution in [0, 0.1) is 0 Å². The lowest BCUT2D eigenvalue weighted by Gasteiger charge is -2.14. The SMILES string of the molecule is Nc1ccc(S(=O)(=O)CCCN2CCCC2)cc1Cl. The molecule has 4 nitrogen and oxygen atoms in total. The van der Waals surface area contributed by atoms with Gasteiger partial charge in [0, 0.05) is 0 Å². The minimum absolute atomic E-state index is 0.156. The zero-order valence-electron chi connectivity index (χ0n) is 10.8. The Bertz CT molecular complexity index is 540. The van der Waals surface area contributed by atoms with Crippen LogP contribution >= 0.6 is 11.6 Å². The maximum absolute atomic E-state index is 12.2. The summed E-state index contributed by atoms with van der Waals surface area (Å²) in [5.74, 6) is 0.156. The summed E-state index contributed by atoms with van der Waals surface area (Å²) < 4.78 is 24.3. The highest BCUT2D eigenvalue weighted by molar-refractivity contribution is 7.91. The summed E-state index contributed by atoms with van der Waals surface area (Å²) in [6.45, 7) is 3.03. The summed E-state index contributed by atoms with van der Waals surface area (Å²) >= 11 is 5.86. The summed E-state index contributed by atoms with van der Waals surface area (Å²) in [5.41, 5.74) is 5.98. The fourth-order valence-corrected chi connectivity index (χ4v) is 3.87. The van der Waals surface area contributed by atoms with Crippen molar-refractivity contribution in [3.05, 3.63) is 23.2 Å². The van der Waals surface area contributed by atoms with Gasteiger partial charge in [-0.05, 0) is 57.1 Å². The molecule has 1 aromatic carbocycles. The molecule has 1 heterocycles. The van der Waals surface area contributed by atoms with Crippen LogP contribution in [0.3, 0.4) is 0 Å². The van der Waals surface area contributed by atoms with E-state index in [1.54, 1.807) is 0 Å². The number of hydrogen-bond acceptors (Lipinski definition) is 4. The molecule has 0 radical (unpaired) electrons. The molecule has 1 fully saturated rings. The van der Waals surface area contributed by atoms with Crippen molar-refractivity contribution >= 4 is 27.1 Å². The van der Waals surface area contributed by atoms with Gasteiger partial charge in [-0.1, -0.05) is 11.6 Å². The Labute approximate surface area is 119 Å². The van der Waals surface area contributed by atoms with Crippen molar-refractivity contribution < 1.29 is 8.42 Å². The number of rotatable bonds is 5. The number of benzene rings is 1. The molecule has 0 bridgehead atoms. The first-order valence-electron chi connectivity index (χ1n) is 6.49. The third kappa shape index (κ3) is 3.84. The normalized spacial score (nSPS) is 16.9. The third-order valence-corrected chi connectivity index (χ3v) is 5.54. The predicted octanol–water partition coefficient (Wildman–Crippen LogP) is 2.18. The highest BCUT2D eigenvalue weighted by atomic mass is 35.5. The first kappa shape index (κ1) is 14.6. The van der Waals surface area contributed by atoms with E-state index in [1.807, 2.05) is 0 Å².